The van der Waals surface area contributed by atoms with Crippen molar-refractivity contribution in [3.8, 4) is 0 Å². The minimum Gasteiger partial charge on any atom is -0.370 e. The molecule has 90 valence electrons. The average molecular weight is 214 g/mol. The van der Waals surface area contributed by atoms with Gasteiger partial charge in [-0.25, -0.2) is 0 Å². The number of hydrogen-bond donors (Lipinski definition) is 2. The van der Waals surface area contributed by atoms with Gasteiger partial charge < -0.3 is 16.0 Å². The lowest BCUT2D eigenvalue weighted by Gasteiger charge is -2.14. The van der Waals surface area contributed by atoms with E-state index in [0.29, 0.717) is 11.9 Å². The fourth-order valence-electron chi connectivity index (χ4n) is 1.03. The third kappa shape index (κ3) is 9.53. The fraction of sp³-hybridized carbons (Fsp3) is 0.909. The molecule has 0 aromatic rings. The monoisotopic (exact) mass is 214 g/mol. The van der Waals surface area contributed by atoms with Gasteiger partial charge in [0.1, 0.15) is 0 Å². The first kappa shape index (κ1) is 14.2. The molecule has 3 N–H and O–H groups in total. The lowest BCUT2D eigenvalue weighted by Crippen LogP contribution is -2.37. The van der Waals surface area contributed by atoms with Crippen molar-refractivity contribution in [1.82, 2.24) is 10.2 Å². The summed E-state index contributed by atoms with van der Waals surface area (Å²) < 4.78 is 0. The third-order valence-electron chi connectivity index (χ3n) is 2.33. The van der Waals surface area contributed by atoms with E-state index >= 15 is 0 Å². The topological polar surface area (TPSA) is 53.6 Å². The van der Waals surface area contributed by atoms with Crippen LogP contribution in [0.2, 0.25) is 0 Å². The number of nitrogens with two attached hydrogens (primary N) is 1. The standard InChI is InChI=1S/C11H26N4/c1-5-15(4)9-8-14-11(12)13-7-6-10(2)3/h10H,5-9H2,1-4H3,(H3,12,13,14). The van der Waals surface area contributed by atoms with Crippen molar-refractivity contribution < 1.29 is 0 Å². The molecule has 0 radical (unpaired) electrons. The molecule has 4 nitrogen and oxygen atoms in total. The first-order chi connectivity index (χ1) is 7.06. The number of aliphatic imine (C=N–C) groups is 1. The minimum atomic E-state index is 0.570. The first-order valence-corrected chi connectivity index (χ1v) is 5.78. The van der Waals surface area contributed by atoms with Crippen molar-refractivity contribution >= 4 is 5.96 Å². The number of guanidine groups is 1. The molecular weight excluding hydrogens is 188 g/mol. The van der Waals surface area contributed by atoms with Crippen LogP contribution in [0, 0.1) is 5.92 Å². The maximum Gasteiger partial charge on any atom is 0.188 e. The molecule has 0 spiro atoms. The van der Waals surface area contributed by atoms with E-state index in [9.17, 15) is 0 Å². The van der Waals surface area contributed by atoms with Crippen molar-refractivity contribution in [2.24, 2.45) is 16.6 Å². The first-order valence-electron chi connectivity index (χ1n) is 5.78. The molecule has 0 heterocycles. The van der Waals surface area contributed by atoms with E-state index < -0.39 is 0 Å². The van der Waals surface area contributed by atoms with Gasteiger partial charge in [0, 0.05) is 19.6 Å². The van der Waals surface area contributed by atoms with Gasteiger partial charge in [0.15, 0.2) is 5.96 Å². The van der Waals surface area contributed by atoms with E-state index in [2.05, 4.69) is 43.0 Å². The zero-order valence-corrected chi connectivity index (χ0v) is 10.6. The summed E-state index contributed by atoms with van der Waals surface area (Å²) in [6.07, 6.45) is 1.09. The van der Waals surface area contributed by atoms with E-state index in [1.54, 1.807) is 0 Å². The van der Waals surface area contributed by atoms with E-state index in [-0.39, 0.29) is 0 Å². The zero-order valence-electron chi connectivity index (χ0n) is 10.6. The van der Waals surface area contributed by atoms with Gasteiger partial charge in [-0.15, -0.1) is 0 Å². The molecule has 0 fully saturated rings. The molecule has 15 heavy (non-hydrogen) atoms. The largest absolute Gasteiger partial charge is 0.370 e. The molecule has 0 bridgehead atoms. The van der Waals surface area contributed by atoms with Crippen LogP contribution in [0.3, 0.4) is 0 Å². The number of likely N-dealkylation sites (N-methyl/N-ethyl adjacent to an activating group) is 1. The Morgan fingerprint density at radius 3 is 2.67 bits per heavy atom. The lowest BCUT2D eigenvalue weighted by molar-refractivity contribution is 0.357. The zero-order chi connectivity index (χ0) is 11.7. The molecule has 0 aliphatic carbocycles. The highest BCUT2D eigenvalue weighted by Gasteiger charge is 1.96. The van der Waals surface area contributed by atoms with Crippen LogP contribution >= 0.6 is 0 Å². The average Bonchev–Trinajstić information content (AvgIpc) is 2.17. The lowest BCUT2D eigenvalue weighted by atomic mass is 10.1. The summed E-state index contributed by atoms with van der Waals surface area (Å²) in [5.74, 6) is 1.26. The van der Waals surface area contributed by atoms with Gasteiger partial charge in [-0.05, 0) is 25.9 Å². The van der Waals surface area contributed by atoms with Crippen molar-refractivity contribution in [3.05, 3.63) is 0 Å². The Morgan fingerprint density at radius 2 is 2.13 bits per heavy atom. The molecule has 0 saturated carbocycles. The van der Waals surface area contributed by atoms with E-state index in [1.807, 2.05) is 0 Å². The Balaban J connectivity index is 3.50. The molecule has 0 aromatic carbocycles. The van der Waals surface area contributed by atoms with Gasteiger partial charge in [-0.1, -0.05) is 20.8 Å². The Bertz CT molecular complexity index is 177. The van der Waals surface area contributed by atoms with Crippen LogP contribution < -0.4 is 11.1 Å². The van der Waals surface area contributed by atoms with E-state index in [4.69, 9.17) is 5.73 Å². The van der Waals surface area contributed by atoms with Gasteiger partial charge in [-0.2, -0.15) is 0 Å². The van der Waals surface area contributed by atoms with Gasteiger partial charge in [0.05, 0.1) is 0 Å². The van der Waals surface area contributed by atoms with Crippen LogP contribution in [0.4, 0.5) is 0 Å². The fourth-order valence-corrected chi connectivity index (χ4v) is 1.03. The summed E-state index contributed by atoms with van der Waals surface area (Å²) in [6.45, 7) is 10.3. The number of rotatable bonds is 7. The molecule has 0 rings (SSSR count). The van der Waals surface area contributed by atoms with Crippen molar-refractivity contribution in [3.63, 3.8) is 0 Å². The van der Waals surface area contributed by atoms with Crippen LogP contribution in [0.1, 0.15) is 27.2 Å². The maximum atomic E-state index is 5.71. The third-order valence-corrected chi connectivity index (χ3v) is 2.33. The van der Waals surface area contributed by atoms with Crippen molar-refractivity contribution in [2.75, 3.05) is 33.2 Å². The molecule has 0 aliphatic rings. The number of nitrogens with one attached hydrogen (secondary N) is 1. The Hall–Kier alpha value is -0.770. The Kier molecular flexibility index (Phi) is 8.09. The molecule has 0 saturated heterocycles. The molecule has 0 unspecified atom stereocenters. The van der Waals surface area contributed by atoms with Crippen LogP contribution in [0.5, 0.6) is 0 Å². The molecular formula is C11H26N4. The normalized spacial score (nSPS) is 12.5. The van der Waals surface area contributed by atoms with Crippen LogP contribution in [0.25, 0.3) is 0 Å². The number of hydrogen-bond acceptors (Lipinski definition) is 2. The Labute approximate surface area is 93.9 Å². The molecule has 0 atom stereocenters. The second-order valence-electron chi connectivity index (χ2n) is 4.27. The summed E-state index contributed by atoms with van der Waals surface area (Å²) in [5, 5.41) is 3.11. The van der Waals surface area contributed by atoms with Crippen LogP contribution in [0.15, 0.2) is 4.99 Å². The summed E-state index contributed by atoms with van der Waals surface area (Å²) in [7, 11) is 2.09. The maximum absolute atomic E-state index is 5.71. The van der Waals surface area contributed by atoms with Gasteiger partial charge in [-0.3, -0.25) is 4.99 Å². The molecule has 4 heteroatoms. The highest BCUT2D eigenvalue weighted by Crippen LogP contribution is 1.97. The second-order valence-corrected chi connectivity index (χ2v) is 4.27. The van der Waals surface area contributed by atoms with Gasteiger partial charge in [0.2, 0.25) is 0 Å². The summed E-state index contributed by atoms with van der Waals surface area (Å²) in [4.78, 5) is 6.48. The SMILES string of the molecule is CCN(C)CCNC(N)=NCCC(C)C. The van der Waals surface area contributed by atoms with Gasteiger partial charge >= 0.3 is 0 Å². The predicted molar refractivity (Wildman–Crippen MR) is 67.1 cm³/mol. The Morgan fingerprint density at radius 1 is 1.47 bits per heavy atom. The smallest absolute Gasteiger partial charge is 0.188 e. The van der Waals surface area contributed by atoms with Crippen molar-refractivity contribution in [1.29, 1.82) is 0 Å². The van der Waals surface area contributed by atoms with Gasteiger partial charge in [0.25, 0.3) is 0 Å². The van der Waals surface area contributed by atoms with Crippen molar-refractivity contribution in [2.45, 2.75) is 27.2 Å². The highest BCUT2D eigenvalue weighted by molar-refractivity contribution is 5.77. The quantitative estimate of drug-likeness (QED) is 0.489. The van der Waals surface area contributed by atoms with Crippen LogP contribution in [-0.2, 0) is 0 Å². The second kappa shape index (κ2) is 8.53. The predicted octanol–water partition coefficient (Wildman–Crippen LogP) is 0.889. The van der Waals surface area contributed by atoms with E-state index in [1.165, 1.54) is 0 Å². The number of nitrogens with zero attached hydrogens (tertiary/aromatic N) is 2. The van der Waals surface area contributed by atoms with E-state index in [0.717, 1.165) is 32.6 Å². The highest BCUT2D eigenvalue weighted by atomic mass is 15.1. The van der Waals surface area contributed by atoms with Crippen LogP contribution in [-0.4, -0.2) is 44.1 Å². The molecule has 0 aliphatic heterocycles. The minimum absolute atomic E-state index is 0.570. The summed E-state index contributed by atoms with van der Waals surface area (Å²) in [6, 6.07) is 0. The summed E-state index contributed by atoms with van der Waals surface area (Å²) >= 11 is 0. The summed E-state index contributed by atoms with van der Waals surface area (Å²) in [5.41, 5.74) is 5.71. The molecule has 0 aromatic heterocycles. The molecule has 0 amide bonds.